The fourth-order valence-corrected chi connectivity index (χ4v) is 5.45. The third-order valence-electron chi connectivity index (χ3n) is 7.44. The van der Waals surface area contributed by atoms with Gasteiger partial charge in [-0.1, -0.05) is 13.8 Å². The monoisotopic (exact) mass is 424 g/mol. The molecule has 1 amide bonds. The third-order valence-corrected chi connectivity index (χ3v) is 7.44. The second-order valence-corrected chi connectivity index (χ2v) is 10.1. The Morgan fingerprint density at radius 2 is 1.94 bits per heavy atom. The normalized spacial score (nSPS) is 28.2. The van der Waals surface area contributed by atoms with Gasteiger partial charge in [0.05, 0.1) is 6.20 Å². The van der Waals surface area contributed by atoms with Crippen molar-refractivity contribution in [2.24, 2.45) is 0 Å². The van der Waals surface area contributed by atoms with Crippen molar-refractivity contribution >= 4 is 17.6 Å². The Bertz CT molecular complexity index is 981. The van der Waals surface area contributed by atoms with Crippen LogP contribution in [0.4, 0.5) is 10.6 Å². The predicted molar refractivity (Wildman–Crippen MR) is 117 cm³/mol. The molecule has 2 bridgehead atoms. The third kappa shape index (κ3) is 3.45. The van der Waals surface area contributed by atoms with Gasteiger partial charge >= 0.3 is 6.09 Å². The molecule has 8 heteroatoms. The van der Waals surface area contributed by atoms with E-state index >= 15 is 0 Å². The van der Waals surface area contributed by atoms with Crippen LogP contribution in [0.5, 0.6) is 0 Å². The van der Waals surface area contributed by atoms with Gasteiger partial charge in [-0.25, -0.2) is 9.78 Å². The van der Waals surface area contributed by atoms with Crippen LogP contribution >= 0.6 is 0 Å². The molecule has 3 aliphatic heterocycles. The van der Waals surface area contributed by atoms with Gasteiger partial charge in [0, 0.05) is 54.5 Å². The fraction of sp³-hybridized carbons (Fsp3) is 0.696. The Balaban J connectivity index is 1.22. The number of aromatic nitrogens is 3. The summed E-state index contributed by atoms with van der Waals surface area (Å²) in [7, 11) is 0. The molecule has 6 rings (SSSR count). The molecule has 2 aromatic rings. The van der Waals surface area contributed by atoms with Crippen molar-refractivity contribution < 1.29 is 9.53 Å². The highest BCUT2D eigenvalue weighted by Crippen LogP contribution is 2.41. The summed E-state index contributed by atoms with van der Waals surface area (Å²) in [6.07, 6.45) is 8.40. The van der Waals surface area contributed by atoms with Crippen molar-refractivity contribution in [3.8, 4) is 0 Å². The smallest absolute Gasteiger partial charge is 0.410 e. The highest BCUT2D eigenvalue weighted by molar-refractivity contribution is 5.69. The van der Waals surface area contributed by atoms with E-state index < -0.39 is 0 Å². The zero-order valence-electron chi connectivity index (χ0n) is 18.4. The van der Waals surface area contributed by atoms with E-state index in [4.69, 9.17) is 9.72 Å². The Labute approximate surface area is 182 Å². The van der Waals surface area contributed by atoms with Crippen molar-refractivity contribution in [3.63, 3.8) is 0 Å². The summed E-state index contributed by atoms with van der Waals surface area (Å²) in [5.74, 6) is 2.03. The molecule has 166 valence electrons. The van der Waals surface area contributed by atoms with Crippen LogP contribution in [0.1, 0.15) is 75.5 Å². The van der Waals surface area contributed by atoms with Gasteiger partial charge in [-0.2, -0.15) is 9.61 Å². The molecule has 2 N–H and O–H groups in total. The van der Waals surface area contributed by atoms with Gasteiger partial charge in [-0.05, 0) is 44.4 Å². The number of nitrogens with zero attached hydrogens (tertiary/aromatic N) is 4. The van der Waals surface area contributed by atoms with Crippen LogP contribution in [0.25, 0.3) is 5.65 Å². The van der Waals surface area contributed by atoms with Crippen molar-refractivity contribution in [2.45, 2.75) is 88.4 Å². The summed E-state index contributed by atoms with van der Waals surface area (Å²) in [6, 6.07) is 3.06. The van der Waals surface area contributed by atoms with E-state index in [0.29, 0.717) is 17.9 Å². The highest BCUT2D eigenvalue weighted by atomic mass is 16.6. The number of hydrogen-bond acceptors (Lipinski definition) is 6. The number of anilines is 1. The Morgan fingerprint density at radius 1 is 1.19 bits per heavy atom. The van der Waals surface area contributed by atoms with Crippen LogP contribution in [0, 0.1) is 0 Å². The first-order valence-corrected chi connectivity index (χ1v) is 11.9. The lowest BCUT2D eigenvalue weighted by Gasteiger charge is -2.40. The number of amides is 1. The zero-order valence-corrected chi connectivity index (χ0v) is 18.4. The van der Waals surface area contributed by atoms with Crippen molar-refractivity contribution in [3.05, 3.63) is 23.5 Å². The van der Waals surface area contributed by atoms with Gasteiger partial charge in [0.25, 0.3) is 0 Å². The average molecular weight is 425 g/mol. The maximum atomic E-state index is 12.7. The lowest BCUT2D eigenvalue weighted by Crippen LogP contribution is -2.55. The van der Waals surface area contributed by atoms with E-state index in [0.717, 1.165) is 50.2 Å². The van der Waals surface area contributed by atoms with Gasteiger partial charge in [-0.15, -0.1) is 0 Å². The number of piperidine rings is 1. The standard InChI is InChI=1S/C23H32N6O2/c1-13(2)19-12-25-29-21(9-20(14-3-4-14)27-22(19)29)26-15-7-16-5-6-17(8-15)28(16)23(30)31-18-10-24-11-18/h9,12-18,24,26H,3-8,10-11H2,1-2H3. The van der Waals surface area contributed by atoms with Crippen molar-refractivity contribution in [1.29, 1.82) is 0 Å². The second-order valence-electron chi connectivity index (χ2n) is 10.1. The largest absolute Gasteiger partial charge is 0.443 e. The van der Waals surface area contributed by atoms with E-state index in [2.05, 4.69) is 35.6 Å². The highest BCUT2D eigenvalue weighted by Gasteiger charge is 2.45. The summed E-state index contributed by atoms with van der Waals surface area (Å²) in [6.45, 7) is 5.95. The number of nitrogens with one attached hydrogen (secondary N) is 2. The minimum Gasteiger partial charge on any atom is -0.443 e. The number of ether oxygens (including phenoxy) is 1. The Morgan fingerprint density at radius 3 is 2.55 bits per heavy atom. The molecule has 3 saturated heterocycles. The Kier molecular flexibility index (Phi) is 4.59. The number of fused-ring (bicyclic) bond motifs is 3. The quantitative estimate of drug-likeness (QED) is 0.767. The molecule has 1 saturated carbocycles. The molecule has 2 unspecified atom stereocenters. The number of rotatable bonds is 5. The number of hydrogen-bond donors (Lipinski definition) is 2. The molecule has 5 heterocycles. The molecular formula is C23H32N6O2. The van der Waals surface area contributed by atoms with Crippen LogP contribution in [0.2, 0.25) is 0 Å². The van der Waals surface area contributed by atoms with Crippen LogP contribution < -0.4 is 10.6 Å². The molecule has 0 spiro atoms. The summed E-state index contributed by atoms with van der Waals surface area (Å²) >= 11 is 0. The van der Waals surface area contributed by atoms with E-state index in [-0.39, 0.29) is 24.3 Å². The number of carbonyl (C=O) groups excluding carboxylic acids is 1. The Hall–Kier alpha value is -2.35. The first-order chi connectivity index (χ1) is 15.1. The molecular weight excluding hydrogens is 392 g/mol. The molecule has 0 radical (unpaired) electrons. The second kappa shape index (κ2) is 7.36. The lowest BCUT2D eigenvalue weighted by molar-refractivity contribution is 0.0194. The van der Waals surface area contributed by atoms with E-state index in [1.165, 1.54) is 24.1 Å². The van der Waals surface area contributed by atoms with Gasteiger partial charge in [0.2, 0.25) is 0 Å². The maximum Gasteiger partial charge on any atom is 0.410 e. The summed E-state index contributed by atoms with van der Waals surface area (Å²) in [5, 5.41) is 11.6. The molecule has 8 nitrogen and oxygen atoms in total. The molecule has 2 aromatic heterocycles. The van der Waals surface area contributed by atoms with E-state index in [9.17, 15) is 4.79 Å². The zero-order chi connectivity index (χ0) is 21.1. The van der Waals surface area contributed by atoms with Gasteiger partial charge in [0.15, 0.2) is 5.65 Å². The van der Waals surface area contributed by atoms with Crippen LogP contribution in [-0.2, 0) is 4.74 Å². The van der Waals surface area contributed by atoms with Crippen molar-refractivity contribution in [1.82, 2.24) is 24.8 Å². The molecule has 4 aliphatic rings. The first kappa shape index (κ1) is 19.3. The summed E-state index contributed by atoms with van der Waals surface area (Å²) in [5.41, 5.74) is 3.38. The van der Waals surface area contributed by atoms with Crippen molar-refractivity contribution in [2.75, 3.05) is 18.4 Å². The predicted octanol–water partition coefficient (Wildman–Crippen LogP) is 3.25. The lowest BCUT2D eigenvalue weighted by atomic mass is 9.97. The van der Waals surface area contributed by atoms with Gasteiger partial charge < -0.3 is 20.3 Å². The van der Waals surface area contributed by atoms with E-state index in [1.54, 1.807) is 0 Å². The van der Waals surface area contributed by atoms with Gasteiger partial charge in [-0.3, -0.25) is 0 Å². The molecule has 4 fully saturated rings. The first-order valence-electron chi connectivity index (χ1n) is 11.9. The van der Waals surface area contributed by atoms with Crippen LogP contribution in [0.3, 0.4) is 0 Å². The number of carbonyl (C=O) groups is 1. The molecule has 2 atom stereocenters. The SMILES string of the molecule is CC(C)c1cnn2c(NC3CC4CCC(C3)N4C(=O)OC3CNC3)cc(C3CC3)nc12. The van der Waals surface area contributed by atoms with Crippen LogP contribution in [0.15, 0.2) is 12.3 Å². The topological polar surface area (TPSA) is 83.8 Å². The van der Waals surface area contributed by atoms with Gasteiger partial charge in [0.1, 0.15) is 11.9 Å². The minimum atomic E-state index is -0.117. The molecule has 1 aliphatic carbocycles. The molecule has 0 aromatic carbocycles. The maximum absolute atomic E-state index is 12.7. The van der Waals surface area contributed by atoms with Crippen LogP contribution in [-0.4, -0.2) is 62.9 Å². The summed E-state index contributed by atoms with van der Waals surface area (Å²) < 4.78 is 7.65. The molecule has 31 heavy (non-hydrogen) atoms. The fourth-order valence-electron chi connectivity index (χ4n) is 5.45. The summed E-state index contributed by atoms with van der Waals surface area (Å²) in [4.78, 5) is 19.7. The van der Waals surface area contributed by atoms with E-state index in [1.807, 2.05) is 15.6 Å². The minimum absolute atomic E-state index is 0.0451. The average Bonchev–Trinajstić information content (AvgIpc) is 3.41.